The summed E-state index contributed by atoms with van der Waals surface area (Å²) in [5.41, 5.74) is 1.01. The highest BCUT2D eigenvalue weighted by molar-refractivity contribution is 8.07. The molecule has 1 N–H and O–H groups in total. The van der Waals surface area contributed by atoms with Gasteiger partial charge in [0.15, 0.2) is 0 Å². The third kappa shape index (κ3) is 4.09. The number of ether oxygens (including phenoxy) is 1. The van der Waals surface area contributed by atoms with Crippen molar-refractivity contribution in [1.29, 1.82) is 0 Å². The van der Waals surface area contributed by atoms with E-state index in [1.54, 1.807) is 0 Å². The summed E-state index contributed by atoms with van der Waals surface area (Å²) in [5, 5.41) is 11.5. The normalized spacial score (nSPS) is 24.4. The topological polar surface area (TPSA) is 29.5 Å². The number of hydrogen-bond donors (Lipinski definition) is 1. The monoisotopic (exact) mass is 312 g/mol. The van der Waals surface area contributed by atoms with E-state index in [1.807, 2.05) is 47.8 Å². The zero-order chi connectivity index (χ0) is 14.4. The van der Waals surface area contributed by atoms with Gasteiger partial charge in [0, 0.05) is 22.0 Å². The van der Waals surface area contributed by atoms with Gasteiger partial charge in [-0.1, -0.05) is 26.0 Å². The molecular formula is C16H24O2S2. The van der Waals surface area contributed by atoms with Crippen LogP contribution in [0.3, 0.4) is 0 Å². The molecule has 0 saturated carbocycles. The van der Waals surface area contributed by atoms with Crippen molar-refractivity contribution >= 4 is 23.5 Å². The number of thioether (sulfide) groups is 2. The molecule has 1 aromatic carbocycles. The van der Waals surface area contributed by atoms with Crippen LogP contribution in [-0.2, 0) is 0 Å². The van der Waals surface area contributed by atoms with E-state index in [9.17, 15) is 5.11 Å². The molecule has 3 unspecified atom stereocenters. The first-order valence-corrected chi connectivity index (χ1v) is 9.50. The Morgan fingerprint density at radius 3 is 2.55 bits per heavy atom. The molecule has 1 saturated heterocycles. The smallest absolute Gasteiger partial charge is 0.119 e. The van der Waals surface area contributed by atoms with Crippen molar-refractivity contribution in [2.24, 2.45) is 0 Å². The van der Waals surface area contributed by atoms with Crippen molar-refractivity contribution in [1.82, 2.24) is 0 Å². The lowest BCUT2D eigenvalue weighted by Gasteiger charge is -2.33. The minimum absolute atomic E-state index is 0.307. The summed E-state index contributed by atoms with van der Waals surface area (Å²) in [6.45, 7) is 5.06. The van der Waals surface area contributed by atoms with Gasteiger partial charge >= 0.3 is 0 Å². The molecule has 2 rings (SSSR count). The molecule has 3 atom stereocenters. The molecule has 1 aromatic rings. The number of aliphatic hydroxyl groups excluding tert-OH is 1. The first-order chi connectivity index (χ1) is 9.76. The summed E-state index contributed by atoms with van der Waals surface area (Å²) in [4.78, 5) is 0. The van der Waals surface area contributed by atoms with Crippen molar-refractivity contribution in [3.63, 3.8) is 0 Å². The van der Waals surface area contributed by atoms with E-state index in [0.717, 1.165) is 36.5 Å². The SMILES string of the molecule is CCCOc1ccc(C(O)C2SCCSC2CC)cc1. The lowest BCUT2D eigenvalue weighted by Crippen LogP contribution is -2.31. The number of benzene rings is 1. The van der Waals surface area contributed by atoms with Gasteiger partial charge in [0.1, 0.15) is 5.75 Å². The molecule has 1 heterocycles. The van der Waals surface area contributed by atoms with Gasteiger partial charge in [-0.2, -0.15) is 23.5 Å². The van der Waals surface area contributed by atoms with E-state index in [4.69, 9.17) is 4.74 Å². The number of hydrogen-bond acceptors (Lipinski definition) is 4. The second-order valence-corrected chi connectivity index (χ2v) is 7.65. The van der Waals surface area contributed by atoms with Crippen LogP contribution in [0.15, 0.2) is 24.3 Å². The fourth-order valence-electron chi connectivity index (χ4n) is 2.40. The first-order valence-electron chi connectivity index (χ1n) is 7.40. The summed E-state index contributed by atoms with van der Waals surface area (Å²) < 4.78 is 5.59. The molecule has 1 aliphatic heterocycles. The highest BCUT2D eigenvalue weighted by Crippen LogP contribution is 2.40. The van der Waals surface area contributed by atoms with Gasteiger partial charge in [-0.15, -0.1) is 0 Å². The van der Waals surface area contributed by atoms with Crippen LogP contribution >= 0.6 is 23.5 Å². The van der Waals surface area contributed by atoms with E-state index in [2.05, 4.69) is 13.8 Å². The largest absolute Gasteiger partial charge is 0.494 e. The maximum absolute atomic E-state index is 10.6. The molecule has 112 valence electrons. The van der Waals surface area contributed by atoms with Crippen molar-refractivity contribution in [2.75, 3.05) is 18.1 Å². The molecule has 0 aromatic heterocycles. The van der Waals surface area contributed by atoms with E-state index in [0.29, 0.717) is 10.5 Å². The van der Waals surface area contributed by atoms with E-state index in [-0.39, 0.29) is 6.10 Å². The average Bonchev–Trinajstić information content (AvgIpc) is 2.52. The predicted molar refractivity (Wildman–Crippen MR) is 90.0 cm³/mol. The second-order valence-electron chi connectivity index (χ2n) is 5.02. The summed E-state index contributed by atoms with van der Waals surface area (Å²) in [6, 6.07) is 7.94. The molecule has 1 aliphatic rings. The molecular weight excluding hydrogens is 288 g/mol. The fraction of sp³-hybridized carbons (Fsp3) is 0.625. The highest BCUT2D eigenvalue weighted by Gasteiger charge is 2.31. The van der Waals surface area contributed by atoms with E-state index < -0.39 is 0 Å². The molecule has 4 heteroatoms. The predicted octanol–water partition coefficient (Wildman–Crippen LogP) is 4.14. The van der Waals surface area contributed by atoms with Crippen molar-refractivity contribution in [3.05, 3.63) is 29.8 Å². The Labute approximate surface area is 130 Å². The molecule has 0 aliphatic carbocycles. The number of aliphatic hydroxyl groups is 1. The van der Waals surface area contributed by atoms with Gasteiger partial charge in [-0.3, -0.25) is 0 Å². The molecule has 1 fully saturated rings. The summed E-state index contributed by atoms with van der Waals surface area (Å²) in [6.07, 6.45) is 1.76. The molecule has 0 bridgehead atoms. The minimum Gasteiger partial charge on any atom is -0.494 e. The van der Waals surface area contributed by atoms with Gasteiger partial charge in [-0.05, 0) is 30.5 Å². The van der Waals surface area contributed by atoms with Crippen LogP contribution in [0.5, 0.6) is 5.75 Å². The van der Waals surface area contributed by atoms with Gasteiger partial charge in [0.25, 0.3) is 0 Å². The molecule has 0 radical (unpaired) electrons. The molecule has 0 amide bonds. The highest BCUT2D eigenvalue weighted by atomic mass is 32.2. The van der Waals surface area contributed by atoms with Crippen LogP contribution in [0, 0.1) is 0 Å². The van der Waals surface area contributed by atoms with Crippen molar-refractivity contribution in [2.45, 2.75) is 43.3 Å². The third-order valence-corrected chi connectivity index (χ3v) is 6.84. The van der Waals surface area contributed by atoms with Crippen molar-refractivity contribution < 1.29 is 9.84 Å². The lowest BCUT2D eigenvalue weighted by molar-refractivity contribution is 0.172. The van der Waals surface area contributed by atoms with Gasteiger partial charge < -0.3 is 9.84 Å². The van der Waals surface area contributed by atoms with Crippen LogP contribution in [0.1, 0.15) is 38.4 Å². The maximum Gasteiger partial charge on any atom is 0.119 e. The van der Waals surface area contributed by atoms with Gasteiger partial charge in [0.2, 0.25) is 0 Å². The quantitative estimate of drug-likeness (QED) is 0.855. The van der Waals surface area contributed by atoms with Crippen molar-refractivity contribution in [3.8, 4) is 5.75 Å². The zero-order valence-corrected chi connectivity index (χ0v) is 13.9. The van der Waals surface area contributed by atoms with Crippen LogP contribution in [-0.4, -0.2) is 33.7 Å². The Morgan fingerprint density at radius 1 is 1.20 bits per heavy atom. The Bertz CT molecular complexity index is 394. The Balaban J connectivity index is 2.02. The van der Waals surface area contributed by atoms with Crippen LogP contribution in [0.4, 0.5) is 0 Å². The third-order valence-electron chi connectivity index (χ3n) is 3.50. The van der Waals surface area contributed by atoms with Crippen LogP contribution in [0.2, 0.25) is 0 Å². The standard InChI is InChI=1S/C16H24O2S2/c1-3-9-18-13-7-5-12(6-8-13)15(17)16-14(4-2)19-10-11-20-16/h5-8,14-17H,3-4,9-11H2,1-2H3. The lowest BCUT2D eigenvalue weighted by atomic mass is 10.0. The van der Waals surface area contributed by atoms with Gasteiger partial charge in [-0.25, -0.2) is 0 Å². The van der Waals surface area contributed by atoms with Gasteiger partial charge in [0.05, 0.1) is 12.7 Å². The zero-order valence-electron chi connectivity index (χ0n) is 12.2. The molecule has 2 nitrogen and oxygen atoms in total. The Morgan fingerprint density at radius 2 is 1.90 bits per heavy atom. The van der Waals surface area contributed by atoms with E-state index >= 15 is 0 Å². The average molecular weight is 313 g/mol. The van der Waals surface area contributed by atoms with Crippen LogP contribution in [0.25, 0.3) is 0 Å². The number of rotatable bonds is 6. The molecule has 0 spiro atoms. The summed E-state index contributed by atoms with van der Waals surface area (Å²) in [5.74, 6) is 3.23. The second kappa shape index (κ2) is 8.20. The summed E-state index contributed by atoms with van der Waals surface area (Å²) >= 11 is 3.92. The fourth-order valence-corrected chi connectivity index (χ4v) is 5.54. The maximum atomic E-state index is 10.6. The summed E-state index contributed by atoms with van der Waals surface area (Å²) in [7, 11) is 0. The Hall–Kier alpha value is -0.320. The Kier molecular flexibility index (Phi) is 6.59. The van der Waals surface area contributed by atoms with Crippen LogP contribution < -0.4 is 4.74 Å². The minimum atomic E-state index is -0.377. The van der Waals surface area contributed by atoms with E-state index in [1.165, 1.54) is 5.75 Å². The molecule has 20 heavy (non-hydrogen) atoms. The first kappa shape index (κ1) is 16.1.